The predicted octanol–water partition coefficient (Wildman–Crippen LogP) is 3.51. The summed E-state index contributed by atoms with van der Waals surface area (Å²) in [6.07, 6.45) is 0. The first-order valence-electron chi connectivity index (χ1n) is 6.74. The minimum absolute atomic E-state index is 0.343. The fourth-order valence-electron chi connectivity index (χ4n) is 2.45. The van der Waals surface area contributed by atoms with Gasteiger partial charge < -0.3 is 5.11 Å². The standard InChI is InChI=1S/C16H12BrCl2N3O/c1-21-14-6-3-9(17)7-11(14)15(22(21)2)16(23)20-13-5-4-10(18)8-12(13)19/h3-8H,1-2H3. The van der Waals surface area contributed by atoms with E-state index in [9.17, 15) is 5.11 Å². The average molecular weight is 413 g/mol. The summed E-state index contributed by atoms with van der Waals surface area (Å²) in [7, 11) is 3.71. The van der Waals surface area contributed by atoms with Gasteiger partial charge in [-0.15, -0.1) is 4.68 Å². The molecule has 0 amide bonds. The predicted molar refractivity (Wildman–Crippen MR) is 94.5 cm³/mol. The van der Waals surface area contributed by atoms with E-state index in [0.717, 1.165) is 15.4 Å². The summed E-state index contributed by atoms with van der Waals surface area (Å²) in [6.45, 7) is 0. The van der Waals surface area contributed by atoms with Gasteiger partial charge in [0.1, 0.15) is 5.52 Å². The smallest absolute Gasteiger partial charge is 0.249 e. The molecule has 0 bridgehead atoms. The molecule has 7 heteroatoms. The van der Waals surface area contributed by atoms with Crippen molar-refractivity contribution in [2.24, 2.45) is 19.1 Å². The van der Waals surface area contributed by atoms with Crippen molar-refractivity contribution in [3.05, 3.63) is 56.6 Å². The van der Waals surface area contributed by atoms with Gasteiger partial charge in [0.15, 0.2) is 7.05 Å². The number of hydrogen-bond donors (Lipinski definition) is 0. The molecule has 3 rings (SSSR count). The average Bonchev–Trinajstić information content (AvgIpc) is 2.73. The van der Waals surface area contributed by atoms with Crippen molar-refractivity contribution in [2.45, 2.75) is 0 Å². The van der Waals surface area contributed by atoms with Crippen molar-refractivity contribution in [3.63, 3.8) is 0 Å². The molecule has 0 N–H and O–H groups in total. The number of rotatable bonds is 2. The first-order chi connectivity index (χ1) is 10.9. The number of aromatic nitrogens is 2. The fraction of sp³-hybridized carbons (Fsp3) is 0.125. The Morgan fingerprint density at radius 3 is 2.65 bits per heavy atom. The number of hydrogen-bond acceptors (Lipinski definition) is 2. The zero-order valence-corrected chi connectivity index (χ0v) is 15.4. The molecule has 0 aliphatic carbocycles. The summed E-state index contributed by atoms with van der Waals surface area (Å²) >= 11 is 15.4. The second-order valence-electron chi connectivity index (χ2n) is 5.07. The molecule has 118 valence electrons. The van der Waals surface area contributed by atoms with Crippen molar-refractivity contribution in [2.75, 3.05) is 0 Å². The van der Waals surface area contributed by atoms with Gasteiger partial charge in [0, 0.05) is 9.50 Å². The quantitative estimate of drug-likeness (QED) is 0.361. The van der Waals surface area contributed by atoms with Gasteiger partial charge in [-0.1, -0.05) is 39.1 Å². The van der Waals surface area contributed by atoms with Crippen LogP contribution >= 0.6 is 39.1 Å². The van der Waals surface area contributed by atoms with Crippen molar-refractivity contribution in [1.29, 1.82) is 0 Å². The van der Waals surface area contributed by atoms with Crippen molar-refractivity contribution in [3.8, 4) is 0 Å². The lowest BCUT2D eigenvalue weighted by Gasteiger charge is -2.07. The van der Waals surface area contributed by atoms with Gasteiger partial charge in [-0.05, 0) is 36.4 Å². The minimum Gasteiger partial charge on any atom is -0.854 e. The van der Waals surface area contributed by atoms with Gasteiger partial charge in [-0.3, -0.25) is 4.99 Å². The van der Waals surface area contributed by atoms with Crippen LogP contribution < -0.4 is 9.79 Å². The first-order valence-corrected chi connectivity index (χ1v) is 8.28. The van der Waals surface area contributed by atoms with E-state index in [1.54, 1.807) is 22.9 Å². The second-order valence-corrected chi connectivity index (χ2v) is 6.83. The lowest BCUT2D eigenvalue weighted by molar-refractivity contribution is -0.751. The van der Waals surface area contributed by atoms with Crippen LogP contribution in [0.2, 0.25) is 10.0 Å². The molecular formula is C16H12BrCl2N3O. The molecular weight excluding hydrogens is 401 g/mol. The molecule has 0 unspecified atom stereocenters. The summed E-state index contributed by atoms with van der Waals surface area (Å²) in [4.78, 5) is 4.14. The molecule has 0 fully saturated rings. The normalized spacial score (nSPS) is 12.1. The van der Waals surface area contributed by atoms with Crippen LogP contribution in [0.5, 0.6) is 0 Å². The van der Waals surface area contributed by atoms with Crippen LogP contribution in [0.25, 0.3) is 10.9 Å². The van der Waals surface area contributed by atoms with Crippen LogP contribution in [0.3, 0.4) is 0 Å². The van der Waals surface area contributed by atoms with Gasteiger partial charge >= 0.3 is 0 Å². The highest BCUT2D eigenvalue weighted by Gasteiger charge is 2.20. The largest absolute Gasteiger partial charge is 0.854 e. The van der Waals surface area contributed by atoms with E-state index in [0.29, 0.717) is 21.4 Å². The van der Waals surface area contributed by atoms with E-state index >= 15 is 0 Å². The topological polar surface area (TPSA) is 44.2 Å². The van der Waals surface area contributed by atoms with Gasteiger partial charge in [-0.25, -0.2) is 0 Å². The highest BCUT2D eigenvalue weighted by atomic mass is 79.9. The maximum absolute atomic E-state index is 12.7. The number of fused-ring (bicyclic) bond motifs is 1. The third-order valence-corrected chi connectivity index (χ3v) is 4.70. The van der Waals surface area contributed by atoms with Gasteiger partial charge in [0.05, 0.1) is 29.0 Å². The molecule has 0 saturated carbocycles. The first kappa shape index (κ1) is 16.3. The second kappa shape index (κ2) is 6.15. The number of halogens is 3. The lowest BCUT2D eigenvalue weighted by atomic mass is 10.2. The molecule has 0 saturated heterocycles. The van der Waals surface area contributed by atoms with Crippen LogP contribution in [-0.2, 0) is 14.1 Å². The number of nitrogens with zero attached hydrogens (tertiary/aromatic N) is 3. The zero-order valence-electron chi connectivity index (χ0n) is 12.3. The van der Waals surface area contributed by atoms with E-state index in [1.807, 2.05) is 37.0 Å². The zero-order chi connectivity index (χ0) is 16.7. The van der Waals surface area contributed by atoms with E-state index in [-0.39, 0.29) is 5.90 Å². The Bertz CT molecular complexity index is 950. The van der Waals surface area contributed by atoms with E-state index in [2.05, 4.69) is 20.9 Å². The Balaban J connectivity index is 2.21. The molecule has 1 heterocycles. The molecule has 1 aromatic heterocycles. The minimum atomic E-state index is -0.361. The molecule has 23 heavy (non-hydrogen) atoms. The monoisotopic (exact) mass is 411 g/mol. The van der Waals surface area contributed by atoms with Gasteiger partial charge in [0.25, 0.3) is 0 Å². The molecule has 3 aromatic rings. The van der Waals surface area contributed by atoms with Crippen LogP contribution in [-0.4, -0.2) is 10.6 Å². The summed E-state index contributed by atoms with van der Waals surface area (Å²) in [6, 6.07) is 10.6. The van der Waals surface area contributed by atoms with Crippen LogP contribution in [0.15, 0.2) is 45.9 Å². The highest BCUT2D eigenvalue weighted by molar-refractivity contribution is 9.10. The Hall–Kier alpha value is -1.56. The van der Waals surface area contributed by atoms with E-state index < -0.39 is 0 Å². The molecule has 0 atom stereocenters. The molecule has 0 aliphatic rings. The fourth-order valence-corrected chi connectivity index (χ4v) is 3.27. The van der Waals surface area contributed by atoms with E-state index in [4.69, 9.17) is 23.2 Å². The molecule has 0 aliphatic heterocycles. The highest BCUT2D eigenvalue weighted by Crippen LogP contribution is 2.29. The molecule has 0 spiro atoms. The summed E-state index contributed by atoms with van der Waals surface area (Å²) in [5, 5.41) is 14.4. The van der Waals surface area contributed by atoms with Crippen LogP contribution in [0.1, 0.15) is 5.69 Å². The third-order valence-electron chi connectivity index (χ3n) is 3.67. The molecule has 0 radical (unpaired) electrons. The maximum atomic E-state index is 12.7. The van der Waals surface area contributed by atoms with Crippen LogP contribution in [0.4, 0.5) is 5.69 Å². The van der Waals surface area contributed by atoms with Crippen LogP contribution in [0, 0.1) is 0 Å². The Morgan fingerprint density at radius 1 is 1.22 bits per heavy atom. The lowest BCUT2D eigenvalue weighted by Crippen LogP contribution is -2.44. The maximum Gasteiger partial charge on any atom is 0.249 e. The summed E-state index contributed by atoms with van der Waals surface area (Å²) in [5.41, 5.74) is 1.83. The van der Waals surface area contributed by atoms with Crippen molar-refractivity contribution < 1.29 is 9.79 Å². The Kier molecular flexibility index (Phi) is 4.36. The number of aliphatic imine (C=N–C) groups is 1. The van der Waals surface area contributed by atoms with Crippen molar-refractivity contribution in [1.82, 2.24) is 4.68 Å². The SMILES string of the molecule is Cn1c2ccc(Br)cc2c(C([O-])=Nc2ccc(Cl)cc2Cl)[n+]1C. The van der Waals surface area contributed by atoms with Crippen molar-refractivity contribution >= 4 is 61.6 Å². The number of benzene rings is 2. The summed E-state index contributed by atoms with van der Waals surface area (Å²) < 4.78 is 4.57. The van der Waals surface area contributed by atoms with E-state index in [1.165, 1.54) is 0 Å². The Morgan fingerprint density at radius 2 is 1.96 bits per heavy atom. The number of aryl methyl sites for hydroxylation is 1. The van der Waals surface area contributed by atoms with Gasteiger partial charge in [0.2, 0.25) is 5.69 Å². The van der Waals surface area contributed by atoms with Gasteiger partial charge in [-0.2, -0.15) is 4.68 Å². The summed E-state index contributed by atoms with van der Waals surface area (Å²) in [5.74, 6) is -0.361. The molecule has 2 aromatic carbocycles. The third kappa shape index (κ3) is 2.96. The Labute approximate surface area is 151 Å². The molecule has 4 nitrogen and oxygen atoms in total.